The average Bonchev–Trinajstić information content (AvgIpc) is 3.36. The summed E-state index contributed by atoms with van der Waals surface area (Å²) in [7, 11) is 1.86. The molecule has 5 aromatic heterocycles. The summed E-state index contributed by atoms with van der Waals surface area (Å²) in [6.07, 6.45) is 5.66. The zero-order chi connectivity index (χ0) is 17.0. The first kappa shape index (κ1) is 14.6. The predicted molar refractivity (Wildman–Crippen MR) is 102 cm³/mol. The Kier molecular flexibility index (Phi) is 3.12. The van der Waals surface area contributed by atoms with Gasteiger partial charge in [0.1, 0.15) is 10.7 Å². The molecule has 0 aromatic carbocycles. The molecule has 0 aliphatic rings. The molecule has 0 aliphatic heterocycles. The summed E-state index contributed by atoms with van der Waals surface area (Å²) < 4.78 is 0. The van der Waals surface area contributed by atoms with Crippen molar-refractivity contribution in [3.05, 3.63) is 30.4 Å². The van der Waals surface area contributed by atoms with Crippen molar-refractivity contribution < 1.29 is 0 Å². The SMILES string of the molecule is CNc1nc2sc(-c3ncc(-c4cn[nH]c4C)c4cc[nH]c34)nc2s1. The van der Waals surface area contributed by atoms with Gasteiger partial charge in [0.05, 0.1) is 11.7 Å². The topological polar surface area (TPSA) is 95.2 Å². The number of nitrogens with zero attached hydrogens (tertiary/aromatic N) is 4. The van der Waals surface area contributed by atoms with Crippen LogP contribution >= 0.6 is 22.7 Å². The van der Waals surface area contributed by atoms with E-state index in [0.717, 1.165) is 53.2 Å². The molecule has 5 rings (SSSR count). The van der Waals surface area contributed by atoms with E-state index in [1.165, 1.54) is 0 Å². The van der Waals surface area contributed by atoms with Gasteiger partial charge < -0.3 is 10.3 Å². The molecule has 0 atom stereocenters. The third-order valence-corrected chi connectivity index (χ3v) is 6.16. The van der Waals surface area contributed by atoms with Crippen LogP contribution in [0.1, 0.15) is 5.69 Å². The lowest BCUT2D eigenvalue weighted by Gasteiger charge is -2.05. The van der Waals surface area contributed by atoms with Crippen molar-refractivity contribution in [3.8, 4) is 21.8 Å². The largest absolute Gasteiger partial charge is 0.364 e. The summed E-state index contributed by atoms with van der Waals surface area (Å²) >= 11 is 3.11. The van der Waals surface area contributed by atoms with E-state index >= 15 is 0 Å². The molecule has 0 unspecified atom stereocenters. The van der Waals surface area contributed by atoms with Crippen LogP contribution in [0.3, 0.4) is 0 Å². The lowest BCUT2D eigenvalue weighted by Crippen LogP contribution is -1.89. The first-order valence-electron chi connectivity index (χ1n) is 7.66. The number of thiazole rings is 2. The van der Waals surface area contributed by atoms with Crippen LogP contribution in [0.2, 0.25) is 0 Å². The summed E-state index contributed by atoms with van der Waals surface area (Å²) in [5.41, 5.74) is 4.97. The molecule has 0 fully saturated rings. The summed E-state index contributed by atoms with van der Waals surface area (Å²) in [6, 6.07) is 2.07. The maximum absolute atomic E-state index is 4.72. The number of nitrogens with one attached hydrogen (secondary N) is 3. The fourth-order valence-electron chi connectivity index (χ4n) is 2.90. The monoisotopic (exact) mass is 367 g/mol. The van der Waals surface area contributed by atoms with Gasteiger partial charge in [-0.15, -0.1) is 0 Å². The highest BCUT2D eigenvalue weighted by molar-refractivity contribution is 7.29. The molecule has 0 radical (unpaired) electrons. The van der Waals surface area contributed by atoms with Crippen LogP contribution in [-0.4, -0.2) is 37.2 Å². The minimum atomic E-state index is 0.853. The molecule has 0 bridgehead atoms. The highest BCUT2D eigenvalue weighted by atomic mass is 32.1. The molecule has 124 valence electrons. The van der Waals surface area contributed by atoms with Crippen molar-refractivity contribution in [2.75, 3.05) is 12.4 Å². The van der Waals surface area contributed by atoms with Crippen molar-refractivity contribution in [2.24, 2.45) is 0 Å². The van der Waals surface area contributed by atoms with Crippen LogP contribution in [0.5, 0.6) is 0 Å². The summed E-state index contributed by atoms with van der Waals surface area (Å²) in [6.45, 7) is 2.01. The molecule has 3 N–H and O–H groups in total. The van der Waals surface area contributed by atoms with Crippen molar-refractivity contribution in [3.63, 3.8) is 0 Å². The lowest BCUT2D eigenvalue weighted by molar-refractivity contribution is 1.05. The van der Waals surface area contributed by atoms with Gasteiger partial charge in [0.2, 0.25) is 0 Å². The number of rotatable bonds is 3. The highest BCUT2D eigenvalue weighted by Gasteiger charge is 2.18. The Bertz CT molecular complexity index is 1180. The molecule has 5 aromatic rings. The van der Waals surface area contributed by atoms with Gasteiger partial charge in [-0.2, -0.15) is 5.10 Å². The smallest absolute Gasteiger partial charge is 0.185 e. The highest BCUT2D eigenvalue weighted by Crippen LogP contribution is 2.38. The molecule has 25 heavy (non-hydrogen) atoms. The Balaban J connectivity index is 1.70. The number of fused-ring (bicyclic) bond motifs is 2. The number of hydrogen-bond acceptors (Lipinski definition) is 7. The van der Waals surface area contributed by atoms with Gasteiger partial charge in [-0.25, -0.2) is 9.97 Å². The molecular formula is C16H13N7S2. The van der Waals surface area contributed by atoms with E-state index in [1.54, 1.807) is 22.7 Å². The number of aromatic amines is 2. The molecule has 0 saturated carbocycles. The van der Waals surface area contributed by atoms with Gasteiger partial charge in [-0.1, -0.05) is 22.7 Å². The first-order valence-corrected chi connectivity index (χ1v) is 9.30. The lowest BCUT2D eigenvalue weighted by atomic mass is 10.0. The van der Waals surface area contributed by atoms with Gasteiger partial charge in [0.15, 0.2) is 14.8 Å². The van der Waals surface area contributed by atoms with E-state index in [0.29, 0.717) is 0 Å². The van der Waals surface area contributed by atoms with Crippen molar-refractivity contribution in [1.29, 1.82) is 0 Å². The average molecular weight is 367 g/mol. The normalized spacial score (nSPS) is 11.6. The Morgan fingerprint density at radius 1 is 1.08 bits per heavy atom. The Hall–Kier alpha value is -2.78. The second kappa shape index (κ2) is 5.36. The Morgan fingerprint density at radius 3 is 2.72 bits per heavy atom. The fourth-order valence-corrected chi connectivity index (χ4v) is 4.80. The van der Waals surface area contributed by atoms with Crippen LogP contribution in [0.25, 0.3) is 42.4 Å². The summed E-state index contributed by atoms with van der Waals surface area (Å²) in [4.78, 5) is 19.1. The predicted octanol–water partition coefficient (Wildman–Crippen LogP) is 4.04. The Morgan fingerprint density at radius 2 is 1.96 bits per heavy atom. The van der Waals surface area contributed by atoms with Crippen LogP contribution in [0.15, 0.2) is 24.7 Å². The van der Waals surface area contributed by atoms with E-state index < -0.39 is 0 Å². The number of aromatic nitrogens is 6. The zero-order valence-corrected chi connectivity index (χ0v) is 15.0. The number of aryl methyl sites for hydroxylation is 1. The van der Waals surface area contributed by atoms with Crippen LogP contribution < -0.4 is 5.32 Å². The van der Waals surface area contributed by atoms with Gasteiger partial charge in [-0.3, -0.25) is 10.1 Å². The molecule has 0 aliphatic carbocycles. The second-order valence-corrected chi connectivity index (χ2v) is 7.55. The van der Waals surface area contributed by atoms with Crippen LogP contribution in [0.4, 0.5) is 5.13 Å². The molecule has 9 heteroatoms. The fraction of sp³-hybridized carbons (Fsp3) is 0.125. The maximum Gasteiger partial charge on any atom is 0.185 e. The minimum Gasteiger partial charge on any atom is -0.364 e. The molecule has 7 nitrogen and oxygen atoms in total. The van der Waals surface area contributed by atoms with Gasteiger partial charge in [0, 0.05) is 41.6 Å². The third kappa shape index (κ3) is 2.16. The van der Waals surface area contributed by atoms with Gasteiger partial charge >= 0.3 is 0 Å². The van der Waals surface area contributed by atoms with Crippen molar-refractivity contribution in [2.45, 2.75) is 6.92 Å². The van der Waals surface area contributed by atoms with Crippen LogP contribution in [0, 0.1) is 6.92 Å². The standard InChI is InChI=1S/C16H13N7S2/c1-7-9(6-20-23-7)10-5-19-12(11-8(10)3-4-18-11)13-21-14-15(24-13)22-16(17-2)25-14/h3-6,18H,1-2H3,(H,17,22)(H,20,23). The van der Waals surface area contributed by atoms with E-state index in [2.05, 4.69) is 31.5 Å². The number of hydrogen-bond donors (Lipinski definition) is 3. The van der Waals surface area contributed by atoms with E-state index in [-0.39, 0.29) is 0 Å². The van der Waals surface area contributed by atoms with E-state index in [9.17, 15) is 0 Å². The first-order chi connectivity index (χ1) is 12.2. The molecule has 0 spiro atoms. The molecular weight excluding hydrogens is 354 g/mol. The van der Waals surface area contributed by atoms with E-state index in [4.69, 9.17) is 9.97 Å². The van der Waals surface area contributed by atoms with Crippen LogP contribution in [-0.2, 0) is 0 Å². The number of anilines is 1. The molecule has 0 saturated heterocycles. The van der Waals surface area contributed by atoms with Crippen molar-refractivity contribution >= 4 is 48.4 Å². The zero-order valence-electron chi connectivity index (χ0n) is 13.4. The Labute approximate surface area is 150 Å². The minimum absolute atomic E-state index is 0.853. The third-order valence-electron chi connectivity index (χ3n) is 4.11. The summed E-state index contributed by atoms with van der Waals surface area (Å²) in [5.74, 6) is 0. The van der Waals surface area contributed by atoms with Gasteiger partial charge in [-0.05, 0) is 13.0 Å². The van der Waals surface area contributed by atoms with Gasteiger partial charge in [0.25, 0.3) is 0 Å². The molecule has 5 heterocycles. The number of H-pyrrole nitrogens is 2. The van der Waals surface area contributed by atoms with E-state index in [1.807, 2.05) is 32.6 Å². The second-order valence-electron chi connectivity index (χ2n) is 5.59. The number of pyridine rings is 1. The van der Waals surface area contributed by atoms with Crippen molar-refractivity contribution in [1.82, 2.24) is 30.1 Å². The maximum atomic E-state index is 4.72. The quantitative estimate of drug-likeness (QED) is 0.447. The summed E-state index contributed by atoms with van der Waals surface area (Å²) in [5, 5.41) is 13.0. The molecule has 0 amide bonds.